The molecule has 2 N–H and O–H groups in total. The van der Waals surface area contributed by atoms with E-state index in [1.54, 1.807) is 6.92 Å². The van der Waals surface area contributed by atoms with Gasteiger partial charge in [-0.2, -0.15) is 4.31 Å². The summed E-state index contributed by atoms with van der Waals surface area (Å²) in [5, 5.41) is 6.76. The van der Waals surface area contributed by atoms with Crippen LogP contribution in [0.15, 0.2) is 48.5 Å². The van der Waals surface area contributed by atoms with Crippen molar-refractivity contribution in [1.82, 2.24) is 14.9 Å². The van der Waals surface area contributed by atoms with E-state index in [1.807, 2.05) is 23.1 Å². The maximum atomic E-state index is 13.8. The number of urea groups is 1. The lowest BCUT2D eigenvalue weighted by molar-refractivity contribution is -0.125. The Morgan fingerprint density at radius 1 is 0.814 bits per heavy atom. The van der Waals surface area contributed by atoms with Crippen LogP contribution in [0.3, 0.4) is 0 Å². The van der Waals surface area contributed by atoms with E-state index in [1.165, 1.54) is 10.6 Å². The summed E-state index contributed by atoms with van der Waals surface area (Å²) in [6.45, 7) is 5.21. The molecule has 2 unspecified atom stereocenters. The Kier molecular flexibility index (Phi) is 7.08. The number of fused-ring (bicyclic) bond motifs is 1. The predicted molar refractivity (Wildman–Crippen MR) is 168 cm³/mol. The number of rotatable bonds is 5. The SMILES string of the molecule is CC(=O)N[C@]12CC3CC(C1)[C@H](NC(=O)N1CCN(c4ccc(N5CCN(S(C)(=O)=O)CC5)cc4)c4ccccc41)C(C3)C2. The minimum atomic E-state index is -3.16. The topological polar surface area (TPSA) is 105 Å². The van der Waals surface area contributed by atoms with Gasteiger partial charge in [-0.3, -0.25) is 9.69 Å². The number of anilines is 4. The van der Waals surface area contributed by atoms with Crippen LogP contribution < -0.4 is 25.3 Å². The van der Waals surface area contributed by atoms with E-state index in [2.05, 4.69) is 50.8 Å². The average Bonchev–Trinajstić information content (AvgIpc) is 2.97. The summed E-state index contributed by atoms with van der Waals surface area (Å²) in [5.41, 5.74) is 3.98. The quantitative estimate of drug-likeness (QED) is 0.540. The van der Waals surface area contributed by atoms with Crippen LogP contribution in [0.1, 0.15) is 39.0 Å². The Hall–Kier alpha value is -3.31. The summed E-state index contributed by atoms with van der Waals surface area (Å²) in [7, 11) is -3.16. The molecule has 0 spiro atoms. The van der Waals surface area contributed by atoms with Gasteiger partial charge < -0.3 is 20.4 Å². The number of carbonyl (C=O) groups excluding carboxylic acids is 2. The van der Waals surface area contributed by atoms with Gasteiger partial charge in [-0.25, -0.2) is 13.2 Å². The van der Waals surface area contributed by atoms with Crippen molar-refractivity contribution in [3.8, 4) is 0 Å². The predicted octanol–water partition coefficient (Wildman–Crippen LogP) is 3.52. The molecule has 4 bridgehead atoms. The van der Waals surface area contributed by atoms with Gasteiger partial charge in [0.1, 0.15) is 0 Å². The highest BCUT2D eigenvalue weighted by Crippen LogP contribution is 2.56. The Morgan fingerprint density at radius 3 is 2.07 bits per heavy atom. The fourth-order valence-corrected chi connectivity index (χ4v) is 9.80. The monoisotopic (exact) mass is 606 g/mol. The van der Waals surface area contributed by atoms with E-state index in [-0.39, 0.29) is 23.5 Å². The van der Waals surface area contributed by atoms with Crippen molar-refractivity contribution in [2.45, 2.75) is 50.6 Å². The van der Waals surface area contributed by atoms with E-state index in [4.69, 9.17) is 0 Å². The maximum Gasteiger partial charge on any atom is 0.322 e. The molecule has 11 heteroatoms. The highest BCUT2D eigenvalue weighted by atomic mass is 32.2. The molecule has 2 aromatic rings. The summed E-state index contributed by atoms with van der Waals surface area (Å²) in [5.74, 6) is 1.52. The lowest BCUT2D eigenvalue weighted by Gasteiger charge is -2.60. The Balaban J connectivity index is 1.04. The van der Waals surface area contributed by atoms with Crippen LogP contribution in [0, 0.1) is 17.8 Å². The van der Waals surface area contributed by atoms with Gasteiger partial charge in [0.15, 0.2) is 0 Å². The zero-order valence-corrected chi connectivity index (χ0v) is 25.9. The Bertz CT molecular complexity index is 1490. The third-order valence-electron chi connectivity index (χ3n) is 10.5. The van der Waals surface area contributed by atoms with Crippen molar-refractivity contribution >= 4 is 44.7 Å². The molecule has 2 heterocycles. The van der Waals surface area contributed by atoms with Crippen molar-refractivity contribution in [3.63, 3.8) is 0 Å². The minimum absolute atomic E-state index is 0.0262. The number of hydrogen-bond donors (Lipinski definition) is 2. The van der Waals surface area contributed by atoms with Gasteiger partial charge in [-0.15, -0.1) is 0 Å². The third-order valence-corrected chi connectivity index (χ3v) is 11.8. The molecule has 1 saturated heterocycles. The van der Waals surface area contributed by atoms with Crippen molar-refractivity contribution < 1.29 is 18.0 Å². The Morgan fingerprint density at radius 2 is 1.44 bits per heavy atom. The smallest absolute Gasteiger partial charge is 0.322 e. The molecule has 4 aliphatic carbocycles. The molecule has 6 aliphatic rings. The summed E-state index contributed by atoms with van der Waals surface area (Å²) in [6.07, 6.45) is 6.53. The zero-order valence-electron chi connectivity index (χ0n) is 25.0. The second kappa shape index (κ2) is 10.7. The molecular formula is C32H42N6O4S. The molecule has 2 aliphatic heterocycles. The average molecular weight is 607 g/mol. The van der Waals surface area contributed by atoms with Crippen molar-refractivity contribution in [3.05, 3.63) is 48.5 Å². The second-order valence-corrected chi connectivity index (χ2v) is 15.3. The molecular weight excluding hydrogens is 564 g/mol. The van der Waals surface area contributed by atoms with Crippen LogP contribution >= 0.6 is 0 Å². The van der Waals surface area contributed by atoms with Crippen LogP contribution in [0.4, 0.5) is 27.5 Å². The van der Waals surface area contributed by atoms with E-state index in [0.29, 0.717) is 57.0 Å². The molecule has 3 amide bonds. The second-order valence-electron chi connectivity index (χ2n) is 13.4. The fraction of sp³-hybridized carbons (Fsp3) is 0.562. The molecule has 2 atom stereocenters. The highest BCUT2D eigenvalue weighted by molar-refractivity contribution is 7.88. The van der Waals surface area contributed by atoms with Gasteiger partial charge >= 0.3 is 6.03 Å². The van der Waals surface area contributed by atoms with Crippen molar-refractivity contribution in [2.75, 3.05) is 60.2 Å². The summed E-state index contributed by atoms with van der Waals surface area (Å²) in [4.78, 5) is 32.2. The third kappa shape index (κ3) is 5.35. The number of carbonyl (C=O) groups is 2. The summed E-state index contributed by atoms with van der Waals surface area (Å²) >= 11 is 0. The first-order valence-corrected chi connectivity index (χ1v) is 17.5. The first-order chi connectivity index (χ1) is 20.6. The van der Waals surface area contributed by atoms with E-state index < -0.39 is 10.0 Å². The number of amides is 3. The first kappa shape index (κ1) is 28.5. The number of benzene rings is 2. The van der Waals surface area contributed by atoms with E-state index in [0.717, 1.165) is 54.9 Å². The number of hydrogen-bond acceptors (Lipinski definition) is 6. The first-order valence-electron chi connectivity index (χ1n) is 15.6. The Labute approximate surface area is 254 Å². The molecule has 0 radical (unpaired) electrons. The molecule has 230 valence electrons. The molecule has 0 aromatic heterocycles. The molecule has 2 aromatic carbocycles. The lowest BCUT2D eigenvalue weighted by Crippen LogP contribution is -2.67. The molecule has 5 fully saturated rings. The molecule has 4 saturated carbocycles. The van der Waals surface area contributed by atoms with E-state index >= 15 is 0 Å². The van der Waals surface area contributed by atoms with Crippen LogP contribution in [0.25, 0.3) is 0 Å². The lowest BCUT2D eigenvalue weighted by atomic mass is 9.51. The van der Waals surface area contributed by atoms with Crippen molar-refractivity contribution in [1.29, 1.82) is 0 Å². The maximum absolute atomic E-state index is 13.8. The van der Waals surface area contributed by atoms with Gasteiger partial charge in [-0.05, 0) is 86.3 Å². The number of para-hydroxylation sites is 2. The largest absolute Gasteiger partial charge is 0.369 e. The fourth-order valence-electron chi connectivity index (χ4n) is 8.97. The normalized spacial score (nSPS) is 30.2. The number of nitrogens with one attached hydrogen (secondary N) is 2. The highest BCUT2D eigenvalue weighted by Gasteiger charge is 2.56. The van der Waals surface area contributed by atoms with Crippen LogP contribution in [-0.4, -0.2) is 81.8 Å². The number of sulfonamides is 1. The van der Waals surface area contributed by atoms with Crippen LogP contribution in [0.5, 0.6) is 0 Å². The minimum Gasteiger partial charge on any atom is -0.369 e. The van der Waals surface area contributed by atoms with Gasteiger partial charge in [0.05, 0.1) is 17.6 Å². The number of piperazine rings is 1. The van der Waals surface area contributed by atoms with Gasteiger partial charge in [-0.1, -0.05) is 12.1 Å². The zero-order chi connectivity index (χ0) is 29.9. The molecule has 8 rings (SSSR count). The molecule has 10 nitrogen and oxygen atoms in total. The van der Waals surface area contributed by atoms with Crippen molar-refractivity contribution in [2.24, 2.45) is 17.8 Å². The van der Waals surface area contributed by atoms with Gasteiger partial charge in [0.2, 0.25) is 15.9 Å². The summed E-state index contributed by atoms with van der Waals surface area (Å²) in [6, 6.07) is 16.7. The van der Waals surface area contributed by atoms with Crippen LogP contribution in [0.2, 0.25) is 0 Å². The molecule has 43 heavy (non-hydrogen) atoms. The van der Waals surface area contributed by atoms with E-state index in [9.17, 15) is 18.0 Å². The standard InChI is InChI=1S/C32H42N6O4S/c1-22(39)34-32-19-23-17-24(20-32)30(25(18-23)21-32)33-31(40)38-16-15-37(28-5-3-4-6-29(28)38)27-9-7-26(8-10-27)35-11-13-36(14-12-35)43(2,41)42/h3-10,23-25,30H,11-21H2,1-2H3,(H,33,40)(H,34,39)/t23?,24?,25?,30-,32+. The van der Waals surface area contributed by atoms with Gasteiger partial charge in [0.25, 0.3) is 0 Å². The van der Waals surface area contributed by atoms with Gasteiger partial charge in [0, 0.05) is 69.1 Å². The van der Waals surface area contributed by atoms with Crippen LogP contribution in [-0.2, 0) is 14.8 Å². The number of nitrogens with zero attached hydrogens (tertiary/aromatic N) is 4. The summed E-state index contributed by atoms with van der Waals surface area (Å²) < 4.78 is 25.3.